The van der Waals surface area contributed by atoms with Gasteiger partial charge < -0.3 is 24.9 Å². The van der Waals surface area contributed by atoms with Gasteiger partial charge in [0.05, 0.1) is 47.8 Å². The second kappa shape index (κ2) is 23.0. The number of aromatic nitrogens is 2. The molecule has 48 heavy (non-hydrogen) atoms. The van der Waals surface area contributed by atoms with Crippen LogP contribution in [0.3, 0.4) is 0 Å². The van der Waals surface area contributed by atoms with E-state index >= 15 is 0 Å². The highest BCUT2D eigenvalue weighted by atomic mass is 33.1. The minimum atomic E-state index is -1.02. The number of carbonyl (C=O) groups is 6. The monoisotopic (exact) mass is 776 g/mol. The second-order valence-electron chi connectivity index (χ2n) is 9.33. The molecule has 0 bridgehead atoms. The molecule has 2 heterocycles. The van der Waals surface area contributed by atoms with Gasteiger partial charge in [0.25, 0.3) is 11.8 Å². The van der Waals surface area contributed by atoms with Crippen LogP contribution in [-0.4, -0.2) is 106 Å². The molecule has 0 aromatic carbocycles. The van der Waals surface area contributed by atoms with Gasteiger partial charge in [0, 0.05) is 35.4 Å². The van der Waals surface area contributed by atoms with Crippen LogP contribution in [0.5, 0.6) is 0 Å². The van der Waals surface area contributed by atoms with E-state index in [1.807, 2.05) is 0 Å². The van der Waals surface area contributed by atoms with Crippen molar-refractivity contribution >= 4 is 107 Å². The molecule has 2 unspecified atom stereocenters. The summed E-state index contributed by atoms with van der Waals surface area (Å²) in [6.45, 7) is 3.55. The quantitative estimate of drug-likeness (QED) is 0.0229. The van der Waals surface area contributed by atoms with Gasteiger partial charge in [-0.15, -0.1) is 12.6 Å². The van der Waals surface area contributed by atoms with E-state index in [-0.39, 0.29) is 41.6 Å². The molecule has 262 valence electrons. The predicted octanol–water partition coefficient (Wildman–Crippen LogP) is 1.84. The number of thiol groups is 3. The summed E-state index contributed by atoms with van der Waals surface area (Å²) >= 11 is 13.0. The zero-order chi connectivity index (χ0) is 35.5. The van der Waals surface area contributed by atoms with Crippen molar-refractivity contribution in [3.63, 3.8) is 0 Å². The highest BCUT2D eigenvalue weighted by Crippen LogP contribution is 2.20. The molecule has 2 amide bonds. The Balaban J connectivity index is 2.04. The Labute approximate surface area is 306 Å². The van der Waals surface area contributed by atoms with Crippen LogP contribution in [0.25, 0.3) is 11.4 Å². The van der Waals surface area contributed by atoms with Crippen molar-refractivity contribution in [2.45, 2.75) is 38.0 Å². The van der Waals surface area contributed by atoms with Crippen LogP contribution >= 0.6 is 71.6 Å². The summed E-state index contributed by atoms with van der Waals surface area (Å²) < 4.78 is 15.9. The van der Waals surface area contributed by atoms with E-state index in [1.165, 1.54) is 35.3 Å². The molecule has 0 saturated heterocycles. The Morgan fingerprint density at radius 2 is 1.31 bits per heavy atom. The van der Waals surface area contributed by atoms with Crippen LogP contribution in [0.2, 0.25) is 0 Å². The normalized spacial score (nSPS) is 13.4. The second-order valence-corrected chi connectivity index (χ2v) is 13.5. The Morgan fingerprint density at radius 1 is 0.792 bits per heavy atom. The van der Waals surface area contributed by atoms with Crippen molar-refractivity contribution in [3.8, 4) is 11.4 Å². The first-order valence-corrected chi connectivity index (χ1v) is 19.3. The van der Waals surface area contributed by atoms with Gasteiger partial charge in [-0.2, -0.15) is 25.3 Å². The lowest BCUT2D eigenvalue weighted by atomic mass is 10.1. The van der Waals surface area contributed by atoms with Gasteiger partial charge >= 0.3 is 11.9 Å². The average molecular weight is 777 g/mol. The number of aldehydes is 1. The number of carbonyl (C=O) groups excluding carboxylic acids is 6. The van der Waals surface area contributed by atoms with Crippen molar-refractivity contribution in [3.05, 3.63) is 47.8 Å². The highest BCUT2D eigenvalue weighted by Gasteiger charge is 2.25. The number of hydrogen-bond acceptors (Lipinski definition) is 17. The molecule has 0 fully saturated rings. The van der Waals surface area contributed by atoms with Crippen molar-refractivity contribution in [1.29, 1.82) is 0 Å². The summed E-state index contributed by atoms with van der Waals surface area (Å²) in [5.74, 6) is -1.62. The van der Waals surface area contributed by atoms with Gasteiger partial charge in [0.15, 0.2) is 0 Å². The molecule has 14 nitrogen and oxygen atoms in total. The van der Waals surface area contributed by atoms with Crippen LogP contribution in [0.1, 0.15) is 34.6 Å². The summed E-state index contributed by atoms with van der Waals surface area (Å²) in [4.78, 5) is 81.8. The number of pyridine rings is 2. The standard InChI is InChI=1S/C28H36N6O8S6/c1-3-41-26(38)22(14-46-34-21(13-44)28(40)45)31-24(36)16-5-7-19(29-9-16)20-8-6-17(10-30-20)25(37)32-23(27(39)42-4-2)15-47-48-33-18(11-35)12-43/h5-11,18,21-23,33-34,43-44H,3-4,12-15H2,1-2H3,(H,31,36)(H,32,37)(H,40,45)/t18-,21+,22?,23?/m1/s1. The number of esters is 2. The Bertz CT molecular complexity index is 1380. The first kappa shape index (κ1) is 41.7. The molecule has 2 aromatic rings. The highest BCUT2D eigenvalue weighted by molar-refractivity contribution is 8.76. The summed E-state index contributed by atoms with van der Waals surface area (Å²) in [6.07, 6.45) is 3.37. The SMILES string of the molecule is CCOC(=O)C(CSN[C@@H](CS)C(=O)S)NC(=O)c1ccc(-c2ccc(C(=O)NC(CSSN[C@H](C=O)CS)C(=O)OCC)cn2)nc1. The number of nitrogens with zero attached hydrogens (tertiary/aromatic N) is 2. The molecule has 4 N–H and O–H groups in total. The number of ether oxygens (including phenoxy) is 2. The Hall–Kier alpha value is -2.46. The predicted molar refractivity (Wildman–Crippen MR) is 197 cm³/mol. The third-order valence-corrected chi connectivity index (χ3v) is 9.94. The molecule has 2 aromatic heterocycles. The zero-order valence-corrected chi connectivity index (χ0v) is 31.0. The third kappa shape index (κ3) is 14.2. The van der Waals surface area contributed by atoms with Crippen molar-refractivity contribution < 1.29 is 38.2 Å². The lowest BCUT2D eigenvalue weighted by molar-refractivity contribution is -0.145. The van der Waals surface area contributed by atoms with E-state index in [0.29, 0.717) is 17.1 Å². The number of amides is 2. The van der Waals surface area contributed by atoms with Crippen molar-refractivity contribution in [2.75, 3.05) is 36.2 Å². The van der Waals surface area contributed by atoms with E-state index in [2.05, 4.69) is 67.9 Å². The summed E-state index contributed by atoms with van der Waals surface area (Å²) in [6, 6.07) is 3.07. The summed E-state index contributed by atoms with van der Waals surface area (Å²) in [7, 11) is 2.38. The third-order valence-electron chi connectivity index (χ3n) is 5.88. The van der Waals surface area contributed by atoms with Gasteiger partial charge in [-0.05, 0) is 49.1 Å². The number of rotatable bonds is 22. The van der Waals surface area contributed by atoms with Gasteiger partial charge in [0.1, 0.15) is 18.4 Å². The lowest BCUT2D eigenvalue weighted by Crippen LogP contribution is -2.45. The van der Waals surface area contributed by atoms with Gasteiger partial charge in [-0.3, -0.25) is 29.1 Å². The summed E-state index contributed by atoms with van der Waals surface area (Å²) in [5, 5.41) is 4.86. The molecule has 0 spiro atoms. The van der Waals surface area contributed by atoms with Crippen molar-refractivity contribution in [2.24, 2.45) is 0 Å². The first-order chi connectivity index (χ1) is 23.1. The lowest BCUT2D eigenvalue weighted by Gasteiger charge is -2.18. The number of nitrogens with one attached hydrogen (secondary N) is 4. The Kier molecular flexibility index (Phi) is 20.0. The molecule has 0 saturated carbocycles. The fraction of sp³-hybridized carbons (Fsp3) is 0.429. The van der Waals surface area contributed by atoms with E-state index in [1.54, 1.807) is 26.0 Å². The molecular weight excluding hydrogens is 741 g/mol. The van der Waals surface area contributed by atoms with Crippen LogP contribution in [0, 0.1) is 0 Å². The largest absolute Gasteiger partial charge is 0.464 e. The fourth-order valence-electron chi connectivity index (χ4n) is 3.37. The molecule has 0 aliphatic rings. The Morgan fingerprint density at radius 3 is 1.71 bits per heavy atom. The minimum Gasteiger partial charge on any atom is -0.464 e. The maximum atomic E-state index is 12.9. The molecular formula is C28H36N6O8S6. The van der Waals surface area contributed by atoms with Crippen LogP contribution in [0.15, 0.2) is 36.7 Å². The zero-order valence-electron chi connectivity index (χ0n) is 25.8. The smallest absolute Gasteiger partial charge is 0.329 e. The van der Waals surface area contributed by atoms with Gasteiger partial charge in [-0.25, -0.2) is 14.3 Å². The molecule has 0 aliphatic heterocycles. The van der Waals surface area contributed by atoms with E-state index in [9.17, 15) is 28.8 Å². The van der Waals surface area contributed by atoms with Crippen LogP contribution in [-0.2, 0) is 28.7 Å². The maximum Gasteiger partial charge on any atom is 0.329 e. The topological polar surface area (TPSA) is 195 Å². The van der Waals surface area contributed by atoms with E-state index in [4.69, 9.17) is 9.47 Å². The average Bonchev–Trinajstić information content (AvgIpc) is 3.09. The molecule has 20 heteroatoms. The van der Waals surface area contributed by atoms with E-state index < -0.39 is 53.0 Å². The maximum absolute atomic E-state index is 12.9. The van der Waals surface area contributed by atoms with Crippen LogP contribution < -0.4 is 20.1 Å². The molecule has 0 aliphatic carbocycles. The van der Waals surface area contributed by atoms with Crippen molar-refractivity contribution in [1.82, 2.24) is 30.0 Å². The first-order valence-electron chi connectivity index (χ1n) is 14.3. The van der Waals surface area contributed by atoms with Gasteiger partial charge in [0.2, 0.25) is 5.12 Å². The number of hydrogen-bond donors (Lipinski definition) is 7. The molecule has 4 atom stereocenters. The van der Waals surface area contributed by atoms with E-state index in [0.717, 1.165) is 29.2 Å². The molecule has 0 radical (unpaired) electrons. The minimum absolute atomic E-state index is 0.0685. The van der Waals surface area contributed by atoms with Gasteiger partial charge in [-0.1, -0.05) is 22.7 Å². The molecule has 2 rings (SSSR count). The summed E-state index contributed by atoms with van der Waals surface area (Å²) in [5.41, 5.74) is 1.18. The fourth-order valence-corrected chi connectivity index (χ4v) is 7.25. The van der Waals surface area contributed by atoms with Crippen LogP contribution in [0.4, 0.5) is 0 Å².